The van der Waals surface area contributed by atoms with Crippen LogP contribution in [-0.2, 0) is 0 Å². The Labute approximate surface area is 188 Å². The number of ether oxygens (including phenoxy) is 2. The lowest BCUT2D eigenvalue weighted by Gasteiger charge is -2.19. The van der Waals surface area contributed by atoms with Gasteiger partial charge < -0.3 is 9.47 Å². The van der Waals surface area contributed by atoms with E-state index in [0.29, 0.717) is 11.5 Å². The molecule has 3 nitrogen and oxygen atoms in total. The van der Waals surface area contributed by atoms with E-state index in [-0.39, 0.29) is 0 Å². The van der Waals surface area contributed by atoms with Gasteiger partial charge >= 0.3 is 0 Å². The summed E-state index contributed by atoms with van der Waals surface area (Å²) in [6.45, 7) is 0. The maximum atomic E-state index is 10.0. The van der Waals surface area contributed by atoms with Gasteiger partial charge in [0.1, 0.15) is 23.0 Å². The zero-order chi connectivity index (χ0) is 22.2. The maximum Gasteiger partial charge on any atom is 0.127 e. The summed E-state index contributed by atoms with van der Waals surface area (Å²) in [4.78, 5) is 0. The Kier molecular flexibility index (Phi) is 6.51. The van der Waals surface area contributed by atoms with Crippen LogP contribution in [0.25, 0.3) is 0 Å². The Morgan fingerprint density at radius 3 is 1.44 bits per heavy atom. The van der Waals surface area contributed by atoms with Gasteiger partial charge in [-0.05, 0) is 59.7 Å². The molecule has 0 fully saturated rings. The van der Waals surface area contributed by atoms with Gasteiger partial charge in [0.2, 0.25) is 0 Å². The summed E-state index contributed by atoms with van der Waals surface area (Å²) >= 11 is 0. The van der Waals surface area contributed by atoms with E-state index in [2.05, 4.69) is 12.0 Å². The number of terminal acetylenes is 1. The van der Waals surface area contributed by atoms with Crippen LogP contribution in [0.15, 0.2) is 109 Å². The molecule has 3 heteroatoms. The van der Waals surface area contributed by atoms with Crippen molar-refractivity contribution < 1.29 is 9.47 Å². The summed E-state index contributed by atoms with van der Waals surface area (Å²) in [6.07, 6.45) is 5.91. The van der Waals surface area contributed by atoms with Crippen LogP contribution in [0.5, 0.6) is 23.0 Å². The molecule has 0 aliphatic carbocycles. The molecule has 4 aromatic carbocycles. The van der Waals surface area contributed by atoms with Crippen molar-refractivity contribution in [3.05, 3.63) is 120 Å². The van der Waals surface area contributed by atoms with Crippen molar-refractivity contribution in [2.75, 3.05) is 0 Å². The minimum Gasteiger partial charge on any atom is -0.457 e. The fourth-order valence-electron chi connectivity index (χ4n) is 3.52. The average Bonchev–Trinajstić information content (AvgIpc) is 2.84. The molecule has 4 rings (SSSR count). The summed E-state index contributed by atoms with van der Waals surface area (Å²) in [5.41, 5.74) is 1.65. The monoisotopic (exact) mass is 415 g/mol. The normalized spacial score (nSPS) is 12.1. The van der Waals surface area contributed by atoms with Crippen LogP contribution >= 0.6 is 0 Å². The van der Waals surface area contributed by atoms with Crippen molar-refractivity contribution in [3.8, 4) is 41.4 Å². The Morgan fingerprint density at radius 2 is 1.00 bits per heavy atom. The van der Waals surface area contributed by atoms with E-state index in [0.717, 1.165) is 22.6 Å². The molecule has 0 aliphatic rings. The van der Waals surface area contributed by atoms with Gasteiger partial charge in [0.05, 0.1) is 17.9 Å². The van der Waals surface area contributed by atoms with Crippen molar-refractivity contribution in [3.63, 3.8) is 0 Å². The third-order valence-electron chi connectivity index (χ3n) is 5.04. The van der Waals surface area contributed by atoms with Crippen molar-refractivity contribution >= 4 is 0 Å². The molecule has 0 amide bonds. The number of hydrogen-bond donors (Lipinski definition) is 0. The van der Waals surface area contributed by atoms with Crippen molar-refractivity contribution in [2.45, 2.75) is 11.8 Å². The largest absolute Gasteiger partial charge is 0.457 e. The van der Waals surface area contributed by atoms with Crippen LogP contribution in [0, 0.1) is 23.7 Å². The van der Waals surface area contributed by atoms with E-state index in [4.69, 9.17) is 15.9 Å². The summed E-state index contributed by atoms with van der Waals surface area (Å²) < 4.78 is 11.9. The van der Waals surface area contributed by atoms with Gasteiger partial charge in [-0.15, -0.1) is 6.42 Å². The first-order valence-corrected chi connectivity index (χ1v) is 10.3. The van der Waals surface area contributed by atoms with E-state index >= 15 is 0 Å². The third kappa shape index (κ3) is 4.98. The fraction of sp³-hybridized carbons (Fsp3) is 0.0690. The highest BCUT2D eigenvalue weighted by Gasteiger charge is 2.24. The summed E-state index contributed by atoms with van der Waals surface area (Å²) in [5, 5.41) is 10.0. The summed E-state index contributed by atoms with van der Waals surface area (Å²) in [6, 6.07) is 36.6. The number of nitriles is 1. The molecule has 0 aliphatic heterocycles. The number of hydrogen-bond acceptors (Lipinski definition) is 3. The molecular weight excluding hydrogens is 394 g/mol. The molecule has 2 unspecified atom stereocenters. The smallest absolute Gasteiger partial charge is 0.127 e. The Bertz CT molecular complexity index is 1150. The van der Waals surface area contributed by atoms with E-state index in [1.807, 2.05) is 109 Å². The minimum absolute atomic E-state index is 0.439. The first-order valence-electron chi connectivity index (χ1n) is 10.3. The predicted molar refractivity (Wildman–Crippen MR) is 126 cm³/mol. The van der Waals surface area contributed by atoms with Crippen LogP contribution in [0.4, 0.5) is 0 Å². The Morgan fingerprint density at radius 1 is 0.562 bits per heavy atom. The minimum atomic E-state index is -0.536. The first kappa shape index (κ1) is 20.8. The maximum absolute atomic E-state index is 10.0. The molecule has 0 saturated heterocycles. The molecule has 4 aromatic rings. The van der Waals surface area contributed by atoms with Gasteiger partial charge in [-0.3, -0.25) is 0 Å². The van der Waals surface area contributed by atoms with Crippen molar-refractivity contribution in [2.24, 2.45) is 0 Å². The lowest BCUT2D eigenvalue weighted by Crippen LogP contribution is -2.08. The van der Waals surface area contributed by atoms with Gasteiger partial charge in [-0.1, -0.05) is 66.6 Å². The van der Waals surface area contributed by atoms with Crippen LogP contribution in [-0.4, -0.2) is 0 Å². The van der Waals surface area contributed by atoms with E-state index in [1.54, 1.807) is 0 Å². The van der Waals surface area contributed by atoms with Gasteiger partial charge in [0, 0.05) is 0 Å². The molecule has 154 valence electrons. The van der Waals surface area contributed by atoms with Gasteiger partial charge in [0.15, 0.2) is 0 Å². The third-order valence-corrected chi connectivity index (χ3v) is 5.04. The molecule has 0 spiro atoms. The SMILES string of the molecule is C#CC(c1cccc(Oc2ccccc2)c1)C(C#N)c1cccc(Oc2ccccc2)c1. The summed E-state index contributed by atoms with van der Waals surface area (Å²) in [5.74, 6) is 4.64. The molecule has 2 atom stereocenters. The first-order chi connectivity index (χ1) is 15.8. The van der Waals surface area contributed by atoms with E-state index < -0.39 is 11.8 Å². The molecule has 0 bridgehead atoms. The van der Waals surface area contributed by atoms with Crippen LogP contribution in [0.2, 0.25) is 0 Å². The van der Waals surface area contributed by atoms with Crippen LogP contribution in [0.1, 0.15) is 23.0 Å². The number of benzene rings is 4. The Balaban J connectivity index is 1.59. The van der Waals surface area contributed by atoms with Crippen molar-refractivity contribution in [1.29, 1.82) is 5.26 Å². The summed E-state index contributed by atoms with van der Waals surface area (Å²) in [7, 11) is 0. The molecule has 0 radical (unpaired) electrons. The predicted octanol–water partition coefficient (Wildman–Crippen LogP) is 7.30. The van der Waals surface area contributed by atoms with E-state index in [9.17, 15) is 5.26 Å². The van der Waals surface area contributed by atoms with Crippen molar-refractivity contribution in [1.82, 2.24) is 0 Å². The lowest BCUT2D eigenvalue weighted by molar-refractivity contribution is 0.480. The zero-order valence-corrected chi connectivity index (χ0v) is 17.4. The number of para-hydroxylation sites is 2. The molecular formula is C29H21NO2. The average molecular weight is 415 g/mol. The van der Waals surface area contributed by atoms with Gasteiger partial charge in [-0.25, -0.2) is 0 Å². The van der Waals surface area contributed by atoms with Crippen LogP contribution < -0.4 is 9.47 Å². The number of nitrogens with zero attached hydrogens (tertiary/aromatic N) is 1. The lowest BCUT2D eigenvalue weighted by atomic mass is 9.83. The highest BCUT2D eigenvalue weighted by atomic mass is 16.5. The molecule has 0 heterocycles. The zero-order valence-electron chi connectivity index (χ0n) is 17.4. The topological polar surface area (TPSA) is 42.2 Å². The fourth-order valence-corrected chi connectivity index (χ4v) is 3.52. The van der Waals surface area contributed by atoms with Gasteiger partial charge in [-0.2, -0.15) is 5.26 Å². The Hall–Kier alpha value is -4.47. The molecule has 0 aromatic heterocycles. The second-order valence-corrected chi connectivity index (χ2v) is 7.23. The molecule has 0 saturated carbocycles. The van der Waals surface area contributed by atoms with Crippen LogP contribution in [0.3, 0.4) is 0 Å². The highest BCUT2D eigenvalue weighted by molar-refractivity contribution is 5.44. The quantitative estimate of drug-likeness (QED) is 0.298. The van der Waals surface area contributed by atoms with Gasteiger partial charge in [0.25, 0.3) is 0 Å². The standard InChI is InChI=1S/C29H21NO2/c1-2-28(22-11-9-17-26(19-22)31-24-13-5-3-6-14-24)29(21-30)23-12-10-18-27(20-23)32-25-15-7-4-8-16-25/h1,3-20,28-29H. The molecule has 32 heavy (non-hydrogen) atoms. The highest BCUT2D eigenvalue weighted by Crippen LogP contribution is 2.36. The van der Waals surface area contributed by atoms with E-state index in [1.165, 1.54) is 0 Å². The number of rotatable bonds is 7. The second-order valence-electron chi connectivity index (χ2n) is 7.23. The second kappa shape index (κ2) is 10.0. The molecule has 0 N–H and O–H groups in total.